The molecule has 4 nitrogen and oxygen atoms in total. The minimum Gasteiger partial charge on any atom is -0.298 e. The maximum atomic E-state index is 10.7. The van der Waals surface area contributed by atoms with Gasteiger partial charge in [0.1, 0.15) is 5.82 Å². The number of fused-ring (bicyclic) bond motifs is 1. The molecule has 0 atom stereocenters. The number of nitrogens with zero attached hydrogens (tertiary/aromatic N) is 3. The molecule has 0 unspecified atom stereocenters. The number of aromatic nitrogens is 3. The van der Waals surface area contributed by atoms with E-state index in [9.17, 15) is 4.79 Å². The first-order chi connectivity index (χ1) is 7.20. The van der Waals surface area contributed by atoms with Crippen molar-refractivity contribution in [1.29, 1.82) is 0 Å². The van der Waals surface area contributed by atoms with Crippen LogP contribution in [-0.4, -0.2) is 20.9 Å². The van der Waals surface area contributed by atoms with Crippen LogP contribution in [0.4, 0.5) is 0 Å². The van der Waals surface area contributed by atoms with Crippen molar-refractivity contribution in [3.05, 3.63) is 29.7 Å². The molecule has 0 spiro atoms. The highest BCUT2D eigenvalue weighted by Crippen LogP contribution is 2.09. The summed E-state index contributed by atoms with van der Waals surface area (Å²) < 4.78 is 1.88. The van der Waals surface area contributed by atoms with Gasteiger partial charge in [0, 0.05) is 18.2 Å². The van der Waals surface area contributed by atoms with E-state index in [1.807, 2.05) is 4.40 Å². The number of aldehydes is 1. The molecule has 2 aromatic heterocycles. The van der Waals surface area contributed by atoms with Gasteiger partial charge in [-0.2, -0.15) is 0 Å². The molecule has 15 heavy (non-hydrogen) atoms. The SMILES string of the molecule is CC(C)Cc1nnc2ccc(C=O)cn12. The topological polar surface area (TPSA) is 47.3 Å². The molecule has 2 heterocycles. The molecule has 2 rings (SSSR count). The van der Waals surface area contributed by atoms with Crippen LogP contribution in [0.1, 0.15) is 30.0 Å². The van der Waals surface area contributed by atoms with Crippen molar-refractivity contribution in [2.24, 2.45) is 5.92 Å². The number of hydrogen-bond acceptors (Lipinski definition) is 3. The maximum Gasteiger partial charge on any atom is 0.160 e. The number of carbonyl (C=O) groups excluding carboxylic acids is 1. The lowest BCUT2D eigenvalue weighted by Gasteiger charge is -2.02. The number of rotatable bonds is 3. The van der Waals surface area contributed by atoms with Gasteiger partial charge in [0.15, 0.2) is 11.9 Å². The van der Waals surface area contributed by atoms with Crippen molar-refractivity contribution in [3.8, 4) is 0 Å². The Morgan fingerprint density at radius 1 is 1.40 bits per heavy atom. The van der Waals surface area contributed by atoms with Gasteiger partial charge in [0.05, 0.1) is 0 Å². The highest BCUT2D eigenvalue weighted by molar-refractivity contribution is 5.74. The second-order valence-electron chi connectivity index (χ2n) is 4.02. The molecule has 0 radical (unpaired) electrons. The lowest BCUT2D eigenvalue weighted by molar-refractivity contribution is 0.112. The van der Waals surface area contributed by atoms with Gasteiger partial charge in [-0.15, -0.1) is 10.2 Å². The highest BCUT2D eigenvalue weighted by Gasteiger charge is 2.07. The molecule has 0 bridgehead atoms. The van der Waals surface area contributed by atoms with Crippen LogP contribution < -0.4 is 0 Å². The Kier molecular flexibility index (Phi) is 2.49. The van der Waals surface area contributed by atoms with Crippen LogP contribution in [0.15, 0.2) is 18.3 Å². The monoisotopic (exact) mass is 203 g/mol. The molecule has 2 aromatic rings. The molecular formula is C11H13N3O. The molecule has 4 heteroatoms. The number of hydrogen-bond donors (Lipinski definition) is 0. The first-order valence-electron chi connectivity index (χ1n) is 4.99. The zero-order valence-corrected chi connectivity index (χ0v) is 8.84. The predicted molar refractivity (Wildman–Crippen MR) is 56.9 cm³/mol. The average Bonchev–Trinajstić information content (AvgIpc) is 2.60. The number of pyridine rings is 1. The van der Waals surface area contributed by atoms with Crippen LogP contribution in [0.25, 0.3) is 5.65 Å². The van der Waals surface area contributed by atoms with E-state index in [1.54, 1.807) is 18.3 Å². The molecule has 0 saturated carbocycles. The summed E-state index contributed by atoms with van der Waals surface area (Å²) in [6, 6.07) is 3.55. The van der Waals surface area contributed by atoms with Crippen molar-refractivity contribution < 1.29 is 4.79 Å². The van der Waals surface area contributed by atoms with Gasteiger partial charge in [-0.05, 0) is 18.1 Å². The van der Waals surface area contributed by atoms with E-state index in [0.29, 0.717) is 11.5 Å². The quantitative estimate of drug-likeness (QED) is 0.714. The summed E-state index contributed by atoms with van der Waals surface area (Å²) in [4.78, 5) is 10.7. The summed E-state index contributed by atoms with van der Waals surface area (Å²) in [5.74, 6) is 1.43. The fourth-order valence-electron chi connectivity index (χ4n) is 1.53. The Balaban J connectivity index is 2.51. The summed E-state index contributed by atoms with van der Waals surface area (Å²) in [6.07, 6.45) is 3.47. The van der Waals surface area contributed by atoms with Crippen molar-refractivity contribution >= 4 is 11.9 Å². The van der Waals surface area contributed by atoms with Gasteiger partial charge < -0.3 is 0 Å². The van der Waals surface area contributed by atoms with Crippen LogP contribution >= 0.6 is 0 Å². The fourth-order valence-corrected chi connectivity index (χ4v) is 1.53. The van der Waals surface area contributed by atoms with Gasteiger partial charge in [0.25, 0.3) is 0 Å². The lowest BCUT2D eigenvalue weighted by atomic mass is 10.1. The molecule has 78 valence electrons. The normalized spacial score (nSPS) is 11.1. The first kappa shape index (κ1) is 9.83. The third kappa shape index (κ3) is 1.88. The van der Waals surface area contributed by atoms with E-state index in [1.165, 1.54) is 0 Å². The van der Waals surface area contributed by atoms with Gasteiger partial charge in [-0.1, -0.05) is 13.8 Å². The van der Waals surface area contributed by atoms with Crippen LogP contribution in [-0.2, 0) is 6.42 Å². The molecule has 0 aromatic carbocycles. The lowest BCUT2D eigenvalue weighted by Crippen LogP contribution is -2.01. The Bertz CT molecular complexity index is 488. The smallest absolute Gasteiger partial charge is 0.160 e. The summed E-state index contributed by atoms with van der Waals surface area (Å²) >= 11 is 0. The molecule has 0 aliphatic heterocycles. The second kappa shape index (κ2) is 3.81. The van der Waals surface area contributed by atoms with Crippen molar-refractivity contribution in [2.45, 2.75) is 20.3 Å². The third-order valence-electron chi connectivity index (χ3n) is 2.22. The van der Waals surface area contributed by atoms with Crippen molar-refractivity contribution in [1.82, 2.24) is 14.6 Å². The predicted octanol–water partition coefficient (Wildman–Crippen LogP) is 1.74. The zero-order valence-electron chi connectivity index (χ0n) is 8.84. The highest BCUT2D eigenvalue weighted by atomic mass is 16.1. The molecule has 0 aliphatic carbocycles. The largest absolute Gasteiger partial charge is 0.298 e. The Hall–Kier alpha value is -1.71. The summed E-state index contributed by atoms with van der Waals surface area (Å²) in [5.41, 5.74) is 1.43. The molecule has 0 fully saturated rings. The van der Waals surface area contributed by atoms with E-state index in [2.05, 4.69) is 24.0 Å². The second-order valence-corrected chi connectivity index (χ2v) is 4.02. The first-order valence-corrected chi connectivity index (χ1v) is 4.99. The minimum absolute atomic E-state index is 0.525. The van der Waals surface area contributed by atoms with E-state index in [-0.39, 0.29) is 0 Å². The molecule has 0 aliphatic rings. The van der Waals surface area contributed by atoms with Crippen LogP contribution in [0.2, 0.25) is 0 Å². The van der Waals surface area contributed by atoms with Gasteiger partial charge in [-0.3, -0.25) is 9.20 Å². The molecule has 0 saturated heterocycles. The molecular weight excluding hydrogens is 190 g/mol. The number of carbonyl (C=O) groups is 1. The summed E-state index contributed by atoms with van der Waals surface area (Å²) in [5, 5.41) is 8.15. The van der Waals surface area contributed by atoms with Crippen molar-refractivity contribution in [2.75, 3.05) is 0 Å². The van der Waals surface area contributed by atoms with Crippen molar-refractivity contribution in [3.63, 3.8) is 0 Å². The minimum atomic E-state index is 0.525. The van der Waals surface area contributed by atoms with Gasteiger partial charge >= 0.3 is 0 Å². The zero-order chi connectivity index (χ0) is 10.8. The van der Waals surface area contributed by atoms with E-state index in [0.717, 1.165) is 24.2 Å². The summed E-state index contributed by atoms with van der Waals surface area (Å²) in [6.45, 7) is 4.26. The van der Waals surface area contributed by atoms with Gasteiger partial charge in [0.2, 0.25) is 0 Å². The van der Waals surface area contributed by atoms with Crippen LogP contribution in [0.3, 0.4) is 0 Å². The Morgan fingerprint density at radius 3 is 2.87 bits per heavy atom. The average molecular weight is 203 g/mol. The fraction of sp³-hybridized carbons (Fsp3) is 0.364. The molecule has 0 amide bonds. The van der Waals surface area contributed by atoms with E-state index < -0.39 is 0 Å². The van der Waals surface area contributed by atoms with Crippen LogP contribution in [0, 0.1) is 5.92 Å². The van der Waals surface area contributed by atoms with Gasteiger partial charge in [-0.25, -0.2) is 0 Å². The maximum absolute atomic E-state index is 10.7. The van der Waals surface area contributed by atoms with E-state index in [4.69, 9.17) is 0 Å². The standard InChI is InChI=1S/C11H13N3O/c1-8(2)5-11-13-12-10-4-3-9(7-15)6-14(10)11/h3-4,6-8H,5H2,1-2H3. The Morgan fingerprint density at radius 2 is 2.20 bits per heavy atom. The summed E-state index contributed by atoms with van der Waals surface area (Å²) in [7, 11) is 0. The third-order valence-corrected chi connectivity index (χ3v) is 2.22. The molecule has 0 N–H and O–H groups in total. The Labute approximate surface area is 87.9 Å². The van der Waals surface area contributed by atoms with E-state index >= 15 is 0 Å². The van der Waals surface area contributed by atoms with Crippen LogP contribution in [0.5, 0.6) is 0 Å².